The van der Waals surface area contributed by atoms with Crippen LogP contribution >= 0.6 is 0 Å². The predicted molar refractivity (Wildman–Crippen MR) is 63.3 cm³/mol. The molecule has 0 atom stereocenters. The first kappa shape index (κ1) is 12.3. The van der Waals surface area contributed by atoms with Crippen LogP contribution < -0.4 is 9.47 Å². The Morgan fingerprint density at radius 1 is 1.44 bits per heavy atom. The summed E-state index contributed by atoms with van der Waals surface area (Å²) in [7, 11) is 1.53. The van der Waals surface area contributed by atoms with E-state index in [1.54, 1.807) is 18.2 Å². The van der Waals surface area contributed by atoms with Crippen molar-refractivity contribution in [1.29, 1.82) is 0 Å². The maximum Gasteiger partial charge on any atom is 0.153 e. The Kier molecular flexibility index (Phi) is 4.58. The van der Waals surface area contributed by atoms with Gasteiger partial charge in [-0.25, -0.2) is 0 Å². The van der Waals surface area contributed by atoms with E-state index in [2.05, 4.69) is 0 Å². The highest BCUT2D eigenvalue weighted by Crippen LogP contribution is 2.23. The van der Waals surface area contributed by atoms with Crippen LogP contribution in [0, 0.1) is 0 Å². The van der Waals surface area contributed by atoms with E-state index in [1.807, 2.05) is 19.9 Å². The lowest BCUT2D eigenvalue weighted by Crippen LogP contribution is -1.99. The predicted octanol–water partition coefficient (Wildman–Crippen LogP) is 2.85. The molecule has 0 N–H and O–H groups in total. The van der Waals surface area contributed by atoms with Crippen molar-refractivity contribution < 1.29 is 14.3 Å². The zero-order valence-corrected chi connectivity index (χ0v) is 9.82. The summed E-state index contributed by atoms with van der Waals surface area (Å²) in [6, 6.07) is 5.16. The van der Waals surface area contributed by atoms with Crippen LogP contribution in [0.4, 0.5) is 0 Å². The molecule has 0 heterocycles. The van der Waals surface area contributed by atoms with Crippen molar-refractivity contribution in [2.45, 2.75) is 13.8 Å². The lowest BCUT2D eigenvalue weighted by Gasteiger charge is -2.09. The fourth-order valence-electron chi connectivity index (χ4n) is 1.16. The lowest BCUT2D eigenvalue weighted by molar-refractivity contribution is 0.112. The Balaban J connectivity index is 2.79. The summed E-state index contributed by atoms with van der Waals surface area (Å²) in [6.45, 7) is 4.51. The molecule has 1 aromatic rings. The van der Waals surface area contributed by atoms with Crippen LogP contribution in [-0.4, -0.2) is 20.0 Å². The van der Waals surface area contributed by atoms with Crippen molar-refractivity contribution in [1.82, 2.24) is 0 Å². The molecule has 0 amide bonds. The van der Waals surface area contributed by atoms with Gasteiger partial charge in [0.05, 0.1) is 12.7 Å². The Morgan fingerprint density at radius 2 is 2.19 bits per heavy atom. The number of benzene rings is 1. The molecular weight excluding hydrogens is 204 g/mol. The summed E-state index contributed by atoms with van der Waals surface area (Å²) in [5.74, 6) is 1.23. The standard InChI is InChI=1S/C13H16O3/c1-4-10(2)9-16-12-6-5-11(8-14)13(7-12)15-3/h4-8H,9H2,1-3H3/b10-4+. The highest BCUT2D eigenvalue weighted by atomic mass is 16.5. The van der Waals surface area contributed by atoms with Gasteiger partial charge in [-0.1, -0.05) is 6.08 Å². The first-order valence-electron chi connectivity index (χ1n) is 5.09. The van der Waals surface area contributed by atoms with Crippen molar-refractivity contribution >= 4 is 6.29 Å². The summed E-state index contributed by atoms with van der Waals surface area (Å²) in [6.07, 6.45) is 2.76. The number of rotatable bonds is 5. The number of allylic oxidation sites excluding steroid dienone is 1. The van der Waals surface area contributed by atoms with E-state index in [0.29, 0.717) is 23.7 Å². The molecule has 0 bridgehead atoms. The molecule has 0 saturated carbocycles. The minimum atomic E-state index is 0.526. The van der Waals surface area contributed by atoms with E-state index in [9.17, 15) is 4.79 Å². The number of carbonyl (C=O) groups is 1. The molecule has 3 nitrogen and oxygen atoms in total. The molecule has 1 aromatic carbocycles. The monoisotopic (exact) mass is 220 g/mol. The van der Waals surface area contributed by atoms with Crippen LogP contribution in [0.25, 0.3) is 0 Å². The normalized spacial score (nSPS) is 11.1. The van der Waals surface area contributed by atoms with Crippen LogP contribution in [0.1, 0.15) is 24.2 Å². The quantitative estimate of drug-likeness (QED) is 0.565. The van der Waals surface area contributed by atoms with Crippen LogP contribution in [0.15, 0.2) is 29.8 Å². The van der Waals surface area contributed by atoms with Gasteiger partial charge < -0.3 is 9.47 Å². The van der Waals surface area contributed by atoms with Gasteiger partial charge in [0, 0.05) is 6.07 Å². The minimum Gasteiger partial charge on any atom is -0.496 e. The Morgan fingerprint density at radius 3 is 2.75 bits per heavy atom. The van der Waals surface area contributed by atoms with E-state index in [1.165, 1.54) is 7.11 Å². The average Bonchev–Trinajstić information content (AvgIpc) is 2.35. The largest absolute Gasteiger partial charge is 0.496 e. The molecule has 86 valence electrons. The molecule has 0 unspecified atom stereocenters. The Bertz CT molecular complexity index is 394. The smallest absolute Gasteiger partial charge is 0.153 e. The second-order valence-electron chi connectivity index (χ2n) is 3.45. The molecule has 0 saturated heterocycles. The number of hydrogen-bond acceptors (Lipinski definition) is 3. The van der Waals surface area contributed by atoms with Gasteiger partial charge in [-0.05, 0) is 31.6 Å². The van der Waals surface area contributed by atoms with Gasteiger partial charge in [0.25, 0.3) is 0 Å². The summed E-state index contributed by atoms with van der Waals surface area (Å²) in [4.78, 5) is 10.7. The molecule has 0 aliphatic heterocycles. The molecule has 0 fully saturated rings. The summed E-state index contributed by atoms with van der Waals surface area (Å²) in [5.41, 5.74) is 1.68. The Labute approximate surface area is 95.7 Å². The highest BCUT2D eigenvalue weighted by Gasteiger charge is 2.04. The number of methoxy groups -OCH3 is 1. The van der Waals surface area contributed by atoms with Gasteiger partial charge in [-0.2, -0.15) is 0 Å². The van der Waals surface area contributed by atoms with Gasteiger partial charge in [-0.15, -0.1) is 0 Å². The highest BCUT2D eigenvalue weighted by molar-refractivity contribution is 5.79. The molecule has 3 heteroatoms. The molecule has 16 heavy (non-hydrogen) atoms. The van der Waals surface area contributed by atoms with Crippen molar-refractivity contribution in [3.05, 3.63) is 35.4 Å². The number of ether oxygens (including phenoxy) is 2. The maximum absolute atomic E-state index is 10.7. The second-order valence-corrected chi connectivity index (χ2v) is 3.45. The first-order valence-corrected chi connectivity index (χ1v) is 5.09. The third-order valence-electron chi connectivity index (χ3n) is 2.29. The van der Waals surface area contributed by atoms with Crippen molar-refractivity contribution in [3.8, 4) is 11.5 Å². The van der Waals surface area contributed by atoms with E-state index in [0.717, 1.165) is 11.9 Å². The third kappa shape index (κ3) is 3.12. The summed E-state index contributed by atoms with van der Waals surface area (Å²) in [5, 5.41) is 0. The number of aldehydes is 1. The van der Waals surface area contributed by atoms with E-state index >= 15 is 0 Å². The molecule has 0 aliphatic rings. The van der Waals surface area contributed by atoms with Crippen LogP contribution in [0.5, 0.6) is 11.5 Å². The topological polar surface area (TPSA) is 35.5 Å². The number of hydrogen-bond donors (Lipinski definition) is 0. The van der Waals surface area contributed by atoms with Crippen molar-refractivity contribution in [3.63, 3.8) is 0 Å². The van der Waals surface area contributed by atoms with Crippen LogP contribution in [-0.2, 0) is 0 Å². The minimum absolute atomic E-state index is 0.526. The van der Waals surface area contributed by atoms with Crippen LogP contribution in [0.2, 0.25) is 0 Å². The lowest BCUT2D eigenvalue weighted by atomic mass is 10.2. The second kappa shape index (κ2) is 5.95. The SMILES string of the molecule is C/C=C(\C)COc1ccc(C=O)c(OC)c1. The van der Waals surface area contributed by atoms with E-state index in [4.69, 9.17) is 9.47 Å². The summed E-state index contributed by atoms with van der Waals surface area (Å²) >= 11 is 0. The number of carbonyl (C=O) groups excluding carboxylic acids is 1. The summed E-state index contributed by atoms with van der Waals surface area (Å²) < 4.78 is 10.6. The Hall–Kier alpha value is -1.77. The average molecular weight is 220 g/mol. The van der Waals surface area contributed by atoms with Gasteiger partial charge in [0.15, 0.2) is 6.29 Å². The van der Waals surface area contributed by atoms with Gasteiger partial charge in [-0.3, -0.25) is 4.79 Å². The maximum atomic E-state index is 10.7. The molecule has 0 radical (unpaired) electrons. The van der Waals surface area contributed by atoms with Crippen molar-refractivity contribution in [2.24, 2.45) is 0 Å². The molecular formula is C13H16O3. The zero-order valence-electron chi connectivity index (χ0n) is 9.82. The first-order chi connectivity index (χ1) is 7.71. The van der Waals surface area contributed by atoms with Crippen molar-refractivity contribution in [2.75, 3.05) is 13.7 Å². The van der Waals surface area contributed by atoms with Gasteiger partial charge in [0.1, 0.15) is 18.1 Å². The van der Waals surface area contributed by atoms with Gasteiger partial charge in [0.2, 0.25) is 0 Å². The molecule has 0 aromatic heterocycles. The van der Waals surface area contributed by atoms with Crippen LogP contribution in [0.3, 0.4) is 0 Å². The molecule has 1 rings (SSSR count). The molecule has 0 spiro atoms. The molecule has 0 aliphatic carbocycles. The van der Waals surface area contributed by atoms with E-state index in [-0.39, 0.29) is 0 Å². The third-order valence-corrected chi connectivity index (χ3v) is 2.29. The van der Waals surface area contributed by atoms with E-state index < -0.39 is 0 Å². The van der Waals surface area contributed by atoms with Gasteiger partial charge >= 0.3 is 0 Å². The fourth-order valence-corrected chi connectivity index (χ4v) is 1.16. The zero-order chi connectivity index (χ0) is 12.0. The fraction of sp³-hybridized carbons (Fsp3) is 0.308.